The molecule has 0 radical (unpaired) electrons. The van der Waals surface area contributed by atoms with Gasteiger partial charge in [-0.3, -0.25) is 19.2 Å². The zero-order chi connectivity index (χ0) is 25.1. The first kappa shape index (κ1) is 27.7. The highest BCUT2D eigenvalue weighted by Crippen LogP contribution is 2.12. The number of phenolic OH excluding ortho intramolecular Hbond substituents is 1. The minimum Gasteiger partial charge on any atom is -0.508 e. The number of aromatic hydroxyl groups is 1. The lowest BCUT2D eigenvalue weighted by Crippen LogP contribution is -2.58. The number of aliphatic hydroxyl groups is 1. The molecular weight excluding hydrogens is 460 g/mol. The summed E-state index contributed by atoms with van der Waals surface area (Å²) in [7, 11) is 0. The van der Waals surface area contributed by atoms with E-state index in [0.29, 0.717) is 5.56 Å². The molecule has 0 aromatic heterocycles. The molecule has 0 aliphatic heterocycles. The molecule has 14 heteroatoms. The van der Waals surface area contributed by atoms with Crippen LogP contribution >= 0.6 is 12.6 Å². The van der Waals surface area contributed by atoms with Crippen molar-refractivity contribution in [2.75, 3.05) is 12.4 Å². The number of aliphatic carboxylic acids is 2. The lowest BCUT2D eigenvalue weighted by atomic mass is 10.0. The van der Waals surface area contributed by atoms with E-state index >= 15 is 0 Å². The van der Waals surface area contributed by atoms with Gasteiger partial charge in [0, 0.05) is 12.2 Å². The smallest absolute Gasteiger partial charge is 0.328 e. The molecule has 9 N–H and O–H groups in total. The Hall–Kier alpha value is -3.36. The summed E-state index contributed by atoms with van der Waals surface area (Å²) in [4.78, 5) is 59.2. The van der Waals surface area contributed by atoms with Gasteiger partial charge in [0.25, 0.3) is 0 Å². The van der Waals surface area contributed by atoms with Gasteiger partial charge in [-0.2, -0.15) is 12.6 Å². The van der Waals surface area contributed by atoms with Crippen molar-refractivity contribution in [3.05, 3.63) is 29.8 Å². The molecule has 0 saturated heterocycles. The van der Waals surface area contributed by atoms with Gasteiger partial charge < -0.3 is 42.1 Å². The van der Waals surface area contributed by atoms with Crippen LogP contribution in [0, 0.1) is 0 Å². The number of benzene rings is 1. The van der Waals surface area contributed by atoms with Crippen molar-refractivity contribution < 1.29 is 44.4 Å². The molecule has 0 aliphatic rings. The highest BCUT2D eigenvalue weighted by atomic mass is 32.1. The third kappa shape index (κ3) is 9.34. The Labute approximate surface area is 193 Å². The maximum atomic E-state index is 12.8. The summed E-state index contributed by atoms with van der Waals surface area (Å²) in [5.74, 6) is -5.79. The van der Waals surface area contributed by atoms with Gasteiger partial charge in [-0.15, -0.1) is 0 Å². The molecule has 0 bridgehead atoms. The Morgan fingerprint density at radius 1 is 0.879 bits per heavy atom. The van der Waals surface area contributed by atoms with E-state index in [9.17, 15) is 29.1 Å². The Morgan fingerprint density at radius 2 is 1.39 bits per heavy atom. The second kappa shape index (κ2) is 13.2. The average molecular weight is 487 g/mol. The summed E-state index contributed by atoms with van der Waals surface area (Å²) in [6.45, 7) is -0.880. The summed E-state index contributed by atoms with van der Waals surface area (Å²) in [6.07, 6.45) is -0.786. The second-order valence-electron chi connectivity index (χ2n) is 6.96. The van der Waals surface area contributed by atoms with Crippen LogP contribution in [0.15, 0.2) is 24.3 Å². The SMILES string of the molecule is NC(CC(=O)O)C(=O)NC(Cc1ccc(O)cc1)C(=O)NC(CS)C(=O)NC(CO)C(=O)O. The fourth-order valence-corrected chi connectivity index (χ4v) is 2.82. The predicted octanol–water partition coefficient (Wildman–Crippen LogP) is -2.80. The molecule has 0 saturated carbocycles. The van der Waals surface area contributed by atoms with E-state index in [0.717, 1.165) is 0 Å². The van der Waals surface area contributed by atoms with Gasteiger partial charge in [0.2, 0.25) is 17.7 Å². The molecule has 0 fully saturated rings. The summed E-state index contributed by atoms with van der Waals surface area (Å²) in [5, 5.41) is 42.9. The Balaban J connectivity index is 3.01. The Kier molecular flexibility index (Phi) is 11.1. The molecule has 0 aliphatic carbocycles. The van der Waals surface area contributed by atoms with E-state index in [-0.39, 0.29) is 17.9 Å². The number of rotatable bonds is 13. The molecule has 0 heterocycles. The van der Waals surface area contributed by atoms with Crippen molar-refractivity contribution in [3.8, 4) is 5.75 Å². The number of amides is 3. The van der Waals surface area contributed by atoms with Gasteiger partial charge in [0.05, 0.1) is 19.1 Å². The van der Waals surface area contributed by atoms with Crippen molar-refractivity contribution in [2.24, 2.45) is 5.73 Å². The largest absolute Gasteiger partial charge is 0.508 e. The molecule has 3 amide bonds. The van der Waals surface area contributed by atoms with Crippen molar-refractivity contribution in [2.45, 2.75) is 37.0 Å². The number of carbonyl (C=O) groups excluding carboxylic acids is 3. The predicted molar refractivity (Wildman–Crippen MR) is 116 cm³/mol. The number of phenols is 1. The summed E-state index contributed by atoms with van der Waals surface area (Å²) in [5.41, 5.74) is 6.05. The highest BCUT2D eigenvalue weighted by Gasteiger charge is 2.30. The van der Waals surface area contributed by atoms with E-state index < -0.39 is 66.9 Å². The quantitative estimate of drug-likeness (QED) is 0.130. The van der Waals surface area contributed by atoms with Crippen LogP contribution in [-0.4, -0.2) is 86.6 Å². The van der Waals surface area contributed by atoms with E-state index in [1.807, 2.05) is 5.32 Å². The van der Waals surface area contributed by atoms with Gasteiger partial charge in [0.1, 0.15) is 23.9 Å². The number of aliphatic hydroxyl groups excluding tert-OH is 1. The minimum atomic E-state index is -1.60. The third-order valence-corrected chi connectivity index (χ3v) is 4.72. The van der Waals surface area contributed by atoms with Crippen molar-refractivity contribution >= 4 is 42.3 Å². The molecular formula is C19H26N4O9S. The van der Waals surface area contributed by atoms with E-state index in [2.05, 4.69) is 23.3 Å². The first-order chi connectivity index (χ1) is 15.5. The number of hydrogen-bond donors (Lipinski definition) is 9. The molecule has 0 spiro atoms. The molecule has 33 heavy (non-hydrogen) atoms. The number of carboxylic acid groups (broad SMARTS) is 2. The summed E-state index contributed by atoms with van der Waals surface area (Å²) < 4.78 is 0. The topological polar surface area (TPSA) is 228 Å². The van der Waals surface area contributed by atoms with E-state index in [1.54, 1.807) is 0 Å². The lowest BCUT2D eigenvalue weighted by Gasteiger charge is -2.24. The number of nitrogens with one attached hydrogen (secondary N) is 3. The van der Waals surface area contributed by atoms with Crippen LogP contribution in [0.25, 0.3) is 0 Å². The van der Waals surface area contributed by atoms with Crippen molar-refractivity contribution in [1.82, 2.24) is 16.0 Å². The molecule has 4 atom stereocenters. The van der Waals surface area contributed by atoms with Crippen LogP contribution in [0.4, 0.5) is 0 Å². The van der Waals surface area contributed by atoms with Crippen LogP contribution in [0.2, 0.25) is 0 Å². The Morgan fingerprint density at radius 3 is 1.88 bits per heavy atom. The van der Waals surface area contributed by atoms with E-state index in [4.69, 9.17) is 21.1 Å². The maximum Gasteiger partial charge on any atom is 0.328 e. The van der Waals surface area contributed by atoms with Gasteiger partial charge >= 0.3 is 11.9 Å². The van der Waals surface area contributed by atoms with Gasteiger partial charge in [-0.05, 0) is 17.7 Å². The number of hydrogen-bond acceptors (Lipinski definition) is 9. The maximum absolute atomic E-state index is 12.8. The summed E-state index contributed by atoms with van der Waals surface area (Å²) in [6, 6.07) is 0.0217. The fraction of sp³-hybridized carbons (Fsp3) is 0.421. The zero-order valence-electron chi connectivity index (χ0n) is 17.3. The minimum absolute atomic E-state index is 0.0315. The molecule has 4 unspecified atom stereocenters. The standard InChI is InChI=1S/C19H26N4O9S/c20-11(6-15(26)27)16(28)21-12(5-9-1-3-10(25)4-2-9)17(29)23-14(8-33)18(30)22-13(7-24)19(31)32/h1-4,11-14,24-25,33H,5-8,20H2,(H,21,28)(H,22,30)(H,23,29)(H,26,27)(H,31,32). The monoisotopic (exact) mass is 486 g/mol. The number of thiol groups is 1. The molecule has 1 aromatic carbocycles. The molecule has 1 aromatic rings. The normalized spacial score (nSPS) is 14.3. The van der Waals surface area contributed by atoms with Crippen LogP contribution in [0.3, 0.4) is 0 Å². The van der Waals surface area contributed by atoms with Crippen molar-refractivity contribution in [3.63, 3.8) is 0 Å². The van der Waals surface area contributed by atoms with Crippen molar-refractivity contribution in [1.29, 1.82) is 0 Å². The van der Waals surface area contributed by atoms with E-state index in [1.165, 1.54) is 24.3 Å². The van der Waals surface area contributed by atoms with Crippen LogP contribution in [0.5, 0.6) is 5.75 Å². The highest BCUT2D eigenvalue weighted by molar-refractivity contribution is 7.80. The first-order valence-corrected chi connectivity index (χ1v) is 10.2. The molecule has 1 rings (SSSR count). The van der Waals surface area contributed by atoms with Crippen LogP contribution in [-0.2, 0) is 30.4 Å². The van der Waals surface area contributed by atoms with Gasteiger partial charge in [-0.25, -0.2) is 4.79 Å². The average Bonchev–Trinajstić information content (AvgIpc) is 2.75. The molecule has 182 valence electrons. The number of carbonyl (C=O) groups is 5. The zero-order valence-corrected chi connectivity index (χ0v) is 18.2. The van der Waals surface area contributed by atoms with Crippen LogP contribution in [0.1, 0.15) is 12.0 Å². The summed E-state index contributed by atoms with van der Waals surface area (Å²) >= 11 is 3.97. The first-order valence-electron chi connectivity index (χ1n) is 9.59. The third-order valence-electron chi connectivity index (χ3n) is 4.35. The number of nitrogens with two attached hydrogens (primary N) is 1. The number of carboxylic acids is 2. The lowest BCUT2D eigenvalue weighted by molar-refractivity contribution is -0.143. The second-order valence-corrected chi connectivity index (χ2v) is 7.33. The molecule has 13 nitrogen and oxygen atoms in total. The Bertz CT molecular complexity index is 865. The van der Waals surface area contributed by atoms with Gasteiger partial charge in [-0.1, -0.05) is 12.1 Å². The fourth-order valence-electron chi connectivity index (χ4n) is 2.56. The van der Waals surface area contributed by atoms with Gasteiger partial charge in [0.15, 0.2) is 0 Å². The van der Waals surface area contributed by atoms with Crippen LogP contribution < -0.4 is 21.7 Å².